The van der Waals surface area contributed by atoms with E-state index >= 15 is 0 Å². The Bertz CT molecular complexity index is 720. The summed E-state index contributed by atoms with van der Waals surface area (Å²) in [5.74, 6) is 1.42. The number of benzene rings is 2. The molecule has 1 atom stereocenters. The molecule has 0 heterocycles. The van der Waals surface area contributed by atoms with Crippen molar-refractivity contribution in [3.63, 3.8) is 0 Å². The van der Waals surface area contributed by atoms with Crippen LogP contribution in [0.5, 0.6) is 11.5 Å². The molecule has 136 valence electrons. The third-order valence-electron chi connectivity index (χ3n) is 3.73. The van der Waals surface area contributed by atoms with E-state index in [-0.39, 0.29) is 18.3 Å². The lowest BCUT2D eigenvalue weighted by molar-refractivity contribution is -0.122. The fourth-order valence-corrected chi connectivity index (χ4v) is 2.21. The molecule has 0 radical (unpaired) electrons. The van der Waals surface area contributed by atoms with Gasteiger partial charge in [0.2, 0.25) is 0 Å². The van der Waals surface area contributed by atoms with Gasteiger partial charge in [-0.3, -0.25) is 4.79 Å². The zero-order chi connectivity index (χ0) is 17.7. The van der Waals surface area contributed by atoms with Crippen LogP contribution in [0.15, 0.2) is 42.5 Å². The Morgan fingerprint density at radius 1 is 1.08 bits per heavy atom. The Labute approximate surface area is 154 Å². The number of nitrogen functional groups attached to an aromatic ring is 1. The van der Waals surface area contributed by atoms with Crippen LogP contribution in [0.3, 0.4) is 0 Å². The molecule has 0 aromatic heterocycles. The van der Waals surface area contributed by atoms with Crippen molar-refractivity contribution in [1.29, 1.82) is 0 Å². The molecule has 2 aromatic rings. The van der Waals surface area contributed by atoms with Crippen molar-refractivity contribution in [1.82, 2.24) is 0 Å². The summed E-state index contributed by atoms with van der Waals surface area (Å²) in [5.41, 5.74) is 8.03. The van der Waals surface area contributed by atoms with E-state index in [0.717, 1.165) is 5.56 Å². The number of amides is 1. The maximum atomic E-state index is 12.4. The maximum absolute atomic E-state index is 12.4. The van der Waals surface area contributed by atoms with Gasteiger partial charge < -0.3 is 20.5 Å². The second kappa shape index (κ2) is 9.18. The molecule has 0 spiro atoms. The molecule has 0 fully saturated rings. The monoisotopic (exact) mass is 364 g/mol. The summed E-state index contributed by atoms with van der Waals surface area (Å²) in [6.07, 6.45) is -0.655. The van der Waals surface area contributed by atoms with Crippen LogP contribution in [0.2, 0.25) is 0 Å². The van der Waals surface area contributed by atoms with Gasteiger partial charge in [0.05, 0.1) is 18.5 Å². The molecule has 0 aliphatic heterocycles. The van der Waals surface area contributed by atoms with Gasteiger partial charge in [-0.1, -0.05) is 26.0 Å². The number of carbonyl (C=O) groups is 1. The third kappa shape index (κ3) is 5.57. The van der Waals surface area contributed by atoms with Crippen LogP contribution in [0.25, 0.3) is 0 Å². The fourth-order valence-electron chi connectivity index (χ4n) is 2.21. The number of hydrogen-bond acceptors (Lipinski definition) is 4. The molecule has 1 amide bonds. The van der Waals surface area contributed by atoms with Gasteiger partial charge in [0.25, 0.3) is 5.91 Å². The van der Waals surface area contributed by atoms with Crippen LogP contribution in [0, 0.1) is 0 Å². The SMILES string of the molecule is COc1ccc(N)c(NC(=O)C(C)Oc2cccc(C(C)C)c2)c1.Cl. The molecule has 0 saturated carbocycles. The highest BCUT2D eigenvalue weighted by molar-refractivity contribution is 5.97. The lowest BCUT2D eigenvalue weighted by Gasteiger charge is -2.17. The number of halogens is 1. The number of methoxy groups -OCH3 is 1. The Hall–Kier alpha value is -2.40. The fraction of sp³-hybridized carbons (Fsp3) is 0.316. The Morgan fingerprint density at radius 3 is 2.44 bits per heavy atom. The van der Waals surface area contributed by atoms with Crippen molar-refractivity contribution in [2.45, 2.75) is 32.8 Å². The molecule has 3 N–H and O–H groups in total. The van der Waals surface area contributed by atoms with Gasteiger partial charge in [0.15, 0.2) is 6.10 Å². The van der Waals surface area contributed by atoms with Crippen LogP contribution in [-0.4, -0.2) is 19.1 Å². The van der Waals surface area contributed by atoms with Gasteiger partial charge in [-0.05, 0) is 42.7 Å². The van der Waals surface area contributed by atoms with E-state index in [2.05, 4.69) is 19.2 Å². The Morgan fingerprint density at radius 2 is 1.80 bits per heavy atom. The van der Waals surface area contributed by atoms with E-state index in [1.807, 2.05) is 24.3 Å². The minimum Gasteiger partial charge on any atom is -0.497 e. The minimum absolute atomic E-state index is 0. The Kier molecular flexibility index (Phi) is 7.58. The van der Waals surface area contributed by atoms with Crippen molar-refractivity contribution < 1.29 is 14.3 Å². The maximum Gasteiger partial charge on any atom is 0.265 e. The summed E-state index contributed by atoms with van der Waals surface area (Å²) in [6, 6.07) is 12.9. The van der Waals surface area contributed by atoms with Crippen molar-refractivity contribution in [3.05, 3.63) is 48.0 Å². The standard InChI is InChI=1S/C19H24N2O3.ClH/c1-12(2)14-6-5-7-16(10-14)24-13(3)19(22)21-18-11-15(23-4)8-9-17(18)20;/h5-13H,20H2,1-4H3,(H,21,22);1H. The summed E-state index contributed by atoms with van der Waals surface area (Å²) in [7, 11) is 1.56. The zero-order valence-electron chi connectivity index (χ0n) is 14.9. The van der Waals surface area contributed by atoms with Gasteiger partial charge in [0, 0.05) is 6.07 Å². The summed E-state index contributed by atoms with van der Waals surface area (Å²) in [6.45, 7) is 5.93. The summed E-state index contributed by atoms with van der Waals surface area (Å²) < 4.78 is 10.9. The van der Waals surface area contributed by atoms with E-state index < -0.39 is 6.10 Å². The molecule has 1 unspecified atom stereocenters. The molecule has 0 aliphatic rings. The molecule has 2 aromatic carbocycles. The van der Waals surface area contributed by atoms with Crippen LogP contribution >= 0.6 is 12.4 Å². The predicted octanol–water partition coefficient (Wildman–Crippen LogP) is 4.23. The molecule has 6 heteroatoms. The lowest BCUT2D eigenvalue weighted by atomic mass is 10.0. The third-order valence-corrected chi connectivity index (χ3v) is 3.73. The highest BCUT2D eigenvalue weighted by Crippen LogP contribution is 2.25. The topological polar surface area (TPSA) is 73.6 Å². The highest BCUT2D eigenvalue weighted by Gasteiger charge is 2.16. The van der Waals surface area contributed by atoms with Crippen molar-refractivity contribution >= 4 is 29.7 Å². The summed E-state index contributed by atoms with van der Waals surface area (Å²) >= 11 is 0. The number of carbonyl (C=O) groups excluding carboxylic acids is 1. The molecular formula is C19H25ClN2O3. The first-order valence-corrected chi connectivity index (χ1v) is 7.91. The lowest BCUT2D eigenvalue weighted by Crippen LogP contribution is -2.30. The van der Waals surface area contributed by atoms with E-state index in [4.69, 9.17) is 15.2 Å². The van der Waals surface area contributed by atoms with Gasteiger partial charge >= 0.3 is 0 Å². The van der Waals surface area contributed by atoms with E-state index in [9.17, 15) is 4.79 Å². The van der Waals surface area contributed by atoms with Crippen LogP contribution in [0.4, 0.5) is 11.4 Å². The van der Waals surface area contributed by atoms with Crippen molar-refractivity contribution in [2.75, 3.05) is 18.2 Å². The number of ether oxygens (including phenoxy) is 2. The van der Waals surface area contributed by atoms with E-state index in [0.29, 0.717) is 28.8 Å². The average molecular weight is 365 g/mol. The van der Waals surface area contributed by atoms with Crippen LogP contribution in [-0.2, 0) is 4.79 Å². The second-order valence-electron chi connectivity index (χ2n) is 5.93. The molecular weight excluding hydrogens is 340 g/mol. The average Bonchev–Trinajstić information content (AvgIpc) is 2.57. The van der Waals surface area contributed by atoms with Crippen molar-refractivity contribution in [3.8, 4) is 11.5 Å². The molecule has 5 nitrogen and oxygen atoms in total. The number of nitrogens with two attached hydrogens (primary N) is 1. The molecule has 2 rings (SSSR count). The van der Waals surface area contributed by atoms with Crippen LogP contribution < -0.4 is 20.5 Å². The first-order chi connectivity index (χ1) is 11.4. The molecule has 0 aliphatic carbocycles. The first kappa shape index (κ1) is 20.6. The highest BCUT2D eigenvalue weighted by atomic mass is 35.5. The van der Waals surface area contributed by atoms with E-state index in [1.165, 1.54) is 0 Å². The molecule has 0 saturated heterocycles. The first-order valence-electron chi connectivity index (χ1n) is 7.91. The van der Waals surface area contributed by atoms with Gasteiger partial charge in [-0.25, -0.2) is 0 Å². The predicted molar refractivity (Wildman–Crippen MR) is 104 cm³/mol. The van der Waals surface area contributed by atoms with Gasteiger partial charge in [0.1, 0.15) is 11.5 Å². The summed E-state index contributed by atoms with van der Waals surface area (Å²) in [4.78, 5) is 12.4. The van der Waals surface area contributed by atoms with Crippen molar-refractivity contribution in [2.24, 2.45) is 0 Å². The number of hydrogen-bond donors (Lipinski definition) is 2. The smallest absolute Gasteiger partial charge is 0.265 e. The normalized spacial score (nSPS) is 11.4. The largest absolute Gasteiger partial charge is 0.497 e. The second-order valence-corrected chi connectivity index (χ2v) is 5.93. The number of anilines is 2. The minimum atomic E-state index is -0.655. The quantitative estimate of drug-likeness (QED) is 0.752. The molecule has 0 bridgehead atoms. The Balaban J connectivity index is 0.00000312. The number of nitrogens with one attached hydrogen (secondary N) is 1. The molecule has 25 heavy (non-hydrogen) atoms. The van der Waals surface area contributed by atoms with E-state index in [1.54, 1.807) is 32.2 Å². The summed E-state index contributed by atoms with van der Waals surface area (Å²) in [5, 5.41) is 2.77. The van der Waals surface area contributed by atoms with Crippen LogP contribution in [0.1, 0.15) is 32.3 Å². The number of rotatable bonds is 6. The van der Waals surface area contributed by atoms with Gasteiger partial charge in [-0.2, -0.15) is 0 Å². The zero-order valence-corrected chi connectivity index (χ0v) is 15.7. The van der Waals surface area contributed by atoms with Gasteiger partial charge in [-0.15, -0.1) is 12.4 Å².